The van der Waals surface area contributed by atoms with Gasteiger partial charge < -0.3 is 10.1 Å². The Labute approximate surface area is 145 Å². The minimum Gasteiger partial charge on any atom is -0.462 e. The molecule has 0 saturated heterocycles. The highest BCUT2D eigenvalue weighted by Crippen LogP contribution is 2.26. The molecule has 0 aromatic heterocycles. The molecule has 0 heterocycles. The molecule has 2 aromatic carbocycles. The van der Waals surface area contributed by atoms with Crippen molar-refractivity contribution in [2.24, 2.45) is 0 Å². The van der Waals surface area contributed by atoms with Crippen molar-refractivity contribution >= 4 is 40.0 Å². The molecule has 0 saturated carbocycles. The molecule has 1 atom stereocenters. The van der Waals surface area contributed by atoms with Gasteiger partial charge in [-0.2, -0.15) is 0 Å². The van der Waals surface area contributed by atoms with E-state index in [4.69, 9.17) is 4.74 Å². The van der Waals surface area contributed by atoms with Crippen LogP contribution in [0.25, 0.3) is 0 Å². The van der Waals surface area contributed by atoms with Gasteiger partial charge in [-0.05, 0) is 59.6 Å². The number of carbonyl (C=O) groups excluding carboxylic acids is 1. The molecule has 0 aliphatic heterocycles. The molecule has 118 valence electrons. The van der Waals surface area contributed by atoms with Gasteiger partial charge in [0.15, 0.2) is 0 Å². The molecule has 1 N–H and O–H groups in total. The zero-order valence-corrected chi connectivity index (χ0v) is 14.9. The van der Waals surface area contributed by atoms with E-state index in [1.807, 2.05) is 36.4 Å². The average Bonchev–Trinajstić information content (AvgIpc) is 2.50. The predicted molar refractivity (Wildman–Crippen MR) is 95.8 cm³/mol. The van der Waals surface area contributed by atoms with Gasteiger partial charge in [-0.25, -0.2) is 4.79 Å². The number of nitrogens with one attached hydrogen (secondary N) is 1. The highest BCUT2D eigenvalue weighted by molar-refractivity contribution is 9.10. The molecule has 0 aliphatic carbocycles. The van der Waals surface area contributed by atoms with Crippen LogP contribution in [0.5, 0.6) is 0 Å². The summed E-state index contributed by atoms with van der Waals surface area (Å²) in [6.45, 7) is 4.27. The Morgan fingerprint density at radius 1 is 1.18 bits per heavy atom. The van der Waals surface area contributed by atoms with Crippen LogP contribution >= 0.6 is 28.3 Å². The SMILES string of the molecule is CCOC(=O)c1ccc(C(C)Nc2ccccc2Br)cc1.Cl. The van der Waals surface area contributed by atoms with Crippen LogP contribution < -0.4 is 5.32 Å². The van der Waals surface area contributed by atoms with Crippen LogP contribution in [0, 0.1) is 0 Å². The Bertz CT molecular complexity index is 616. The Hall–Kier alpha value is -1.52. The summed E-state index contributed by atoms with van der Waals surface area (Å²) in [5.74, 6) is -0.282. The Kier molecular flexibility index (Phi) is 7.42. The van der Waals surface area contributed by atoms with Gasteiger partial charge in [-0.1, -0.05) is 24.3 Å². The molecule has 1 unspecified atom stereocenters. The molecule has 0 amide bonds. The lowest BCUT2D eigenvalue weighted by atomic mass is 10.1. The molecule has 0 aliphatic rings. The third-order valence-electron chi connectivity index (χ3n) is 3.17. The van der Waals surface area contributed by atoms with Crippen LogP contribution in [0.2, 0.25) is 0 Å². The summed E-state index contributed by atoms with van der Waals surface area (Å²) in [5, 5.41) is 3.44. The summed E-state index contributed by atoms with van der Waals surface area (Å²) in [4.78, 5) is 11.6. The van der Waals surface area contributed by atoms with Gasteiger partial charge in [0.1, 0.15) is 0 Å². The predicted octanol–water partition coefficient (Wildman–Crippen LogP) is 5.22. The number of anilines is 1. The lowest BCUT2D eigenvalue weighted by Crippen LogP contribution is -2.08. The zero-order valence-electron chi connectivity index (χ0n) is 12.5. The quantitative estimate of drug-likeness (QED) is 0.718. The highest BCUT2D eigenvalue weighted by atomic mass is 79.9. The lowest BCUT2D eigenvalue weighted by Gasteiger charge is -2.17. The Morgan fingerprint density at radius 3 is 2.41 bits per heavy atom. The summed E-state index contributed by atoms with van der Waals surface area (Å²) in [5.41, 5.74) is 2.73. The molecule has 2 rings (SSSR count). The standard InChI is InChI=1S/C17H18BrNO2.ClH/c1-3-21-17(20)14-10-8-13(9-11-14)12(2)19-16-7-5-4-6-15(16)18;/h4-12,19H,3H2,1-2H3;1H. The molecule has 22 heavy (non-hydrogen) atoms. The zero-order chi connectivity index (χ0) is 15.2. The van der Waals surface area contributed by atoms with E-state index in [1.54, 1.807) is 19.1 Å². The number of rotatable bonds is 5. The fourth-order valence-electron chi connectivity index (χ4n) is 2.02. The monoisotopic (exact) mass is 383 g/mol. The van der Waals surface area contributed by atoms with Gasteiger partial charge >= 0.3 is 5.97 Å². The number of benzene rings is 2. The molecule has 0 fully saturated rings. The van der Waals surface area contributed by atoms with Gasteiger partial charge in [-0.3, -0.25) is 0 Å². The van der Waals surface area contributed by atoms with Crippen molar-refractivity contribution in [3.8, 4) is 0 Å². The van der Waals surface area contributed by atoms with E-state index in [0.29, 0.717) is 12.2 Å². The third-order valence-corrected chi connectivity index (χ3v) is 3.86. The lowest BCUT2D eigenvalue weighted by molar-refractivity contribution is 0.0526. The van der Waals surface area contributed by atoms with Crippen molar-refractivity contribution in [2.75, 3.05) is 11.9 Å². The molecule has 2 aromatic rings. The van der Waals surface area contributed by atoms with Crippen LogP contribution in [-0.4, -0.2) is 12.6 Å². The van der Waals surface area contributed by atoms with Crippen LogP contribution in [0.4, 0.5) is 5.69 Å². The number of halogens is 2. The number of carbonyl (C=O) groups is 1. The van der Waals surface area contributed by atoms with Crippen molar-refractivity contribution in [3.63, 3.8) is 0 Å². The van der Waals surface area contributed by atoms with Gasteiger partial charge in [-0.15, -0.1) is 12.4 Å². The Morgan fingerprint density at radius 2 is 1.82 bits per heavy atom. The topological polar surface area (TPSA) is 38.3 Å². The molecule has 3 nitrogen and oxygen atoms in total. The van der Waals surface area contributed by atoms with E-state index in [-0.39, 0.29) is 24.4 Å². The van der Waals surface area contributed by atoms with Crippen LogP contribution in [-0.2, 0) is 4.74 Å². The summed E-state index contributed by atoms with van der Waals surface area (Å²) >= 11 is 3.52. The highest BCUT2D eigenvalue weighted by Gasteiger charge is 2.10. The summed E-state index contributed by atoms with van der Waals surface area (Å²) in [7, 11) is 0. The van der Waals surface area contributed by atoms with Crippen molar-refractivity contribution in [2.45, 2.75) is 19.9 Å². The van der Waals surface area contributed by atoms with Gasteiger partial charge in [0.25, 0.3) is 0 Å². The first-order chi connectivity index (χ1) is 10.1. The fourth-order valence-corrected chi connectivity index (χ4v) is 2.42. The minimum absolute atomic E-state index is 0. The van der Waals surface area contributed by atoms with Gasteiger partial charge in [0, 0.05) is 16.2 Å². The molecule has 0 bridgehead atoms. The molecule has 0 radical (unpaired) electrons. The molecular weight excluding hydrogens is 366 g/mol. The normalized spacial score (nSPS) is 11.2. The number of hydrogen-bond acceptors (Lipinski definition) is 3. The van der Waals surface area contributed by atoms with Crippen LogP contribution in [0.3, 0.4) is 0 Å². The number of esters is 1. The van der Waals surface area contributed by atoms with Crippen molar-refractivity contribution in [1.82, 2.24) is 0 Å². The smallest absolute Gasteiger partial charge is 0.338 e. The van der Waals surface area contributed by atoms with E-state index in [0.717, 1.165) is 15.7 Å². The molecular formula is C17H19BrClNO2. The first-order valence-electron chi connectivity index (χ1n) is 6.90. The van der Waals surface area contributed by atoms with E-state index in [9.17, 15) is 4.79 Å². The van der Waals surface area contributed by atoms with Gasteiger partial charge in [0.2, 0.25) is 0 Å². The van der Waals surface area contributed by atoms with Crippen LogP contribution in [0.1, 0.15) is 35.8 Å². The maximum Gasteiger partial charge on any atom is 0.338 e. The van der Waals surface area contributed by atoms with Crippen molar-refractivity contribution < 1.29 is 9.53 Å². The van der Waals surface area contributed by atoms with Gasteiger partial charge in [0.05, 0.1) is 12.2 Å². The van der Waals surface area contributed by atoms with Crippen LogP contribution in [0.15, 0.2) is 53.0 Å². The number of para-hydroxylation sites is 1. The molecule has 5 heteroatoms. The summed E-state index contributed by atoms with van der Waals surface area (Å²) in [6, 6.07) is 15.6. The average molecular weight is 385 g/mol. The van der Waals surface area contributed by atoms with Crippen molar-refractivity contribution in [1.29, 1.82) is 0 Å². The first-order valence-corrected chi connectivity index (χ1v) is 7.69. The van der Waals surface area contributed by atoms with E-state index in [2.05, 4.69) is 28.2 Å². The van der Waals surface area contributed by atoms with E-state index >= 15 is 0 Å². The third kappa shape index (κ3) is 4.75. The Balaban J connectivity index is 0.00000242. The first kappa shape index (κ1) is 18.5. The second-order valence-electron chi connectivity index (χ2n) is 4.69. The largest absolute Gasteiger partial charge is 0.462 e. The number of hydrogen-bond donors (Lipinski definition) is 1. The maximum atomic E-state index is 11.6. The van der Waals surface area contributed by atoms with E-state index < -0.39 is 0 Å². The second-order valence-corrected chi connectivity index (χ2v) is 5.54. The van der Waals surface area contributed by atoms with Crippen molar-refractivity contribution in [3.05, 3.63) is 64.1 Å². The number of ether oxygens (including phenoxy) is 1. The van der Waals surface area contributed by atoms with E-state index in [1.165, 1.54) is 0 Å². The second kappa shape index (κ2) is 8.81. The fraction of sp³-hybridized carbons (Fsp3) is 0.235. The molecule has 0 spiro atoms. The summed E-state index contributed by atoms with van der Waals surface area (Å²) < 4.78 is 6.01. The minimum atomic E-state index is -0.282. The summed E-state index contributed by atoms with van der Waals surface area (Å²) in [6.07, 6.45) is 0. The maximum absolute atomic E-state index is 11.6.